The number of aliphatic carboxylic acids is 2. The van der Waals surface area contributed by atoms with Gasteiger partial charge in [-0.25, -0.2) is 0 Å². The average molecular weight is 390 g/mol. The second-order valence-electron chi connectivity index (χ2n) is 6.08. The fourth-order valence-corrected chi connectivity index (χ4v) is 2.33. The van der Waals surface area contributed by atoms with Crippen molar-refractivity contribution in [1.29, 1.82) is 0 Å². The molecule has 0 aliphatic heterocycles. The van der Waals surface area contributed by atoms with Crippen LogP contribution in [0.3, 0.4) is 0 Å². The summed E-state index contributed by atoms with van der Waals surface area (Å²) in [5.74, 6) is -4.00. The van der Waals surface area contributed by atoms with E-state index in [-0.39, 0.29) is 72.0 Å². The largest absolute Gasteiger partial charge is 1.00 e. The van der Waals surface area contributed by atoms with Crippen LogP contribution >= 0.6 is 0 Å². The molecule has 0 aliphatic carbocycles. The number of ether oxygens (including phenoxy) is 2. The minimum absolute atomic E-state index is 0. The minimum atomic E-state index is -1.66. The third kappa shape index (κ3) is 15.9. The number of carboxylic acid groups (broad SMARTS) is 2. The first-order chi connectivity index (χ1) is 11.5. The first-order valence-electron chi connectivity index (χ1n) is 9.17. The minimum Gasteiger partial charge on any atom is -0.550 e. The second-order valence-corrected chi connectivity index (χ2v) is 6.08. The van der Waals surface area contributed by atoms with Gasteiger partial charge in [0.1, 0.15) is 5.97 Å². The number of unbranched alkanes of at least 4 members (excludes halogenated alkanes) is 6. The zero-order valence-corrected chi connectivity index (χ0v) is 21.1. The van der Waals surface area contributed by atoms with E-state index >= 15 is 0 Å². The van der Waals surface area contributed by atoms with Gasteiger partial charge in [0, 0.05) is 12.4 Å². The van der Waals surface area contributed by atoms with Crippen LogP contribution in [0, 0.1) is 0 Å². The van der Waals surface area contributed by atoms with Crippen molar-refractivity contribution in [1.82, 2.24) is 0 Å². The fourth-order valence-electron chi connectivity index (χ4n) is 2.33. The zero-order chi connectivity index (χ0) is 18.3. The molecule has 0 aliphatic rings. The van der Waals surface area contributed by atoms with Gasteiger partial charge in [-0.2, -0.15) is 0 Å². The predicted octanol–water partition coefficient (Wildman–Crippen LogP) is -4.45. The summed E-state index contributed by atoms with van der Waals surface area (Å²) in [6, 6.07) is 0. The molecule has 0 N–H and O–H groups in total. The molecule has 0 aromatic heterocycles. The van der Waals surface area contributed by atoms with E-state index in [2.05, 4.69) is 0 Å². The van der Waals surface area contributed by atoms with Crippen LogP contribution in [0.2, 0.25) is 0 Å². The van der Waals surface area contributed by atoms with E-state index in [1.165, 1.54) is 0 Å². The summed E-state index contributed by atoms with van der Waals surface area (Å²) in [4.78, 5) is 21.9. The van der Waals surface area contributed by atoms with Crippen LogP contribution in [-0.4, -0.2) is 30.9 Å². The number of rotatable bonds is 17. The van der Waals surface area contributed by atoms with Gasteiger partial charge in [-0.1, -0.05) is 46.0 Å². The number of hydrogen-bond acceptors (Lipinski definition) is 6. The van der Waals surface area contributed by atoms with Gasteiger partial charge in [0.25, 0.3) is 0 Å². The van der Waals surface area contributed by atoms with Crippen molar-refractivity contribution in [3.8, 4) is 0 Å². The standard InChI is InChI=1S/C18H34O6.2Na/c1-3-5-14-23-18(17(21)22,24-15-6-4-2)13-11-9-7-8-10-12-16(19)20;;/h3-15H2,1-2H3,(H,19,20)(H,21,22);;/q;2*+1/p-2. The summed E-state index contributed by atoms with van der Waals surface area (Å²) in [7, 11) is 0. The molecule has 0 heterocycles. The van der Waals surface area contributed by atoms with Gasteiger partial charge in [0.05, 0.1) is 13.2 Å². The number of hydrogen-bond donors (Lipinski definition) is 0. The van der Waals surface area contributed by atoms with Crippen molar-refractivity contribution in [2.75, 3.05) is 13.2 Å². The predicted molar refractivity (Wildman–Crippen MR) is 86.8 cm³/mol. The number of carboxylic acids is 2. The third-order valence-electron chi connectivity index (χ3n) is 3.86. The van der Waals surface area contributed by atoms with E-state index in [1.807, 2.05) is 13.8 Å². The molecule has 0 fully saturated rings. The fraction of sp³-hybridized carbons (Fsp3) is 0.889. The Kier molecular flexibility index (Phi) is 25.0. The third-order valence-corrected chi connectivity index (χ3v) is 3.86. The van der Waals surface area contributed by atoms with Gasteiger partial charge < -0.3 is 29.3 Å². The Hall–Kier alpha value is 0.860. The molecule has 0 unspecified atom stereocenters. The van der Waals surface area contributed by atoms with Gasteiger partial charge in [-0.3, -0.25) is 0 Å². The van der Waals surface area contributed by atoms with E-state index in [1.54, 1.807) is 0 Å². The summed E-state index contributed by atoms with van der Waals surface area (Å²) < 4.78 is 11.1. The Morgan fingerprint density at radius 3 is 1.65 bits per heavy atom. The monoisotopic (exact) mass is 390 g/mol. The molecular weight excluding hydrogens is 358 g/mol. The molecule has 0 amide bonds. The van der Waals surface area contributed by atoms with Crippen LogP contribution in [0.4, 0.5) is 0 Å². The quantitative estimate of drug-likeness (QED) is 0.141. The van der Waals surface area contributed by atoms with Crippen molar-refractivity contribution in [3.63, 3.8) is 0 Å². The first-order valence-corrected chi connectivity index (χ1v) is 9.17. The van der Waals surface area contributed by atoms with E-state index in [4.69, 9.17) is 9.47 Å². The Morgan fingerprint density at radius 2 is 1.23 bits per heavy atom. The van der Waals surface area contributed by atoms with Crippen LogP contribution in [0.15, 0.2) is 0 Å². The molecule has 0 saturated carbocycles. The molecule has 0 spiro atoms. The molecule has 142 valence electrons. The van der Waals surface area contributed by atoms with E-state index in [0.29, 0.717) is 26.1 Å². The molecular formula is C18H32Na2O6. The molecule has 0 aromatic carbocycles. The van der Waals surface area contributed by atoms with Crippen molar-refractivity contribution in [2.24, 2.45) is 0 Å². The summed E-state index contributed by atoms with van der Waals surface area (Å²) in [5, 5.41) is 21.9. The molecule has 0 bridgehead atoms. The van der Waals surface area contributed by atoms with Crippen LogP contribution < -0.4 is 69.3 Å². The number of carbonyl (C=O) groups is 2. The molecule has 0 atom stereocenters. The van der Waals surface area contributed by atoms with Crippen LogP contribution in [0.5, 0.6) is 0 Å². The maximum atomic E-state index is 11.6. The summed E-state index contributed by atoms with van der Waals surface area (Å²) in [6.45, 7) is 4.69. The van der Waals surface area contributed by atoms with Crippen LogP contribution in [-0.2, 0) is 19.1 Å². The molecule has 8 heteroatoms. The normalized spacial score (nSPS) is 10.7. The Balaban J connectivity index is -0.00000264. The molecule has 0 radical (unpaired) electrons. The van der Waals surface area contributed by atoms with E-state index in [0.717, 1.165) is 44.9 Å². The van der Waals surface area contributed by atoms with Gasteiger partial charge >= 0.3 is 59.1 Å². The number of carbonyl (C=O) groups excluding carboxylic acids is 2. The molecule has 0 saturated heterocycles. The molecule has 0 aromatic rings. The van der Waals surface area contributed by atoms with E-state index in [9.17, 15) is 19.8 Å². The van der Waals surface area contributed by atoms with Crippen molar-refractivity contribution >= 4 is 11.9 Å². The Bertz CT molecular complexity index is 343. The summed E-state index contributed by atoms with van der Waals surface area (Å²) >= 11 is 0. The average Bonchev–Trinajstić information content (AvgIpc) is 2.53. The smallest absolute Gasteiger partial charge is 0.550 e. The summed E-state index contributed by atoms with van der Waals surface area (Å²) in [6.07, 6.45) is 7.37. The zero-order valence-electron chi connectivity index (χ0n) is 17.1. The molecule has 26 heavy (non-hydrogen) atoms. The first kappa shape index (κ1) is 31.6. The SMILES string of the molecule is CCCCOC(CCCCCCCC(=O)[O-])(OCCCC)C(=O)[O-].[Na+].[Na+]. The van der Waals surface area contributed by atoms with Gasteiger partial charge in [-0.15, -0.1) is 0 Å². The Labute approximate surface area is 202 Å². The van der Waals surface area contributed by atoms with Crippen LogP contribution in [0.25, 0.3) is 0 Å². The Morgan fingerprint density at radius 1 is 0.769 bits per heavy atom. The summed E-state index contributed by atoms with van der Waals surface area (Å²) in [5.41, 5.74) is 0. The second kappa shape index (κ2) is 20.6. The van der Waals surface area contributed by atoms with Crippen molar-refractivity contribution < 1.29 is 88.4 Å². The van der Waals surface area contributed by atoms with Gasteiger partial charge in [0.2, 0.25) is 5.79 Å². The van der Waals surface area contributed by atoms with Crippen molar-refractivity contribution in [3.05, 3.63) is 0 Å². The topological polar surface area (TPSA) is 98.7 Å². The molecule has 6 nitrogen and oxygen atoms in total. The van der Waals surface area contributed by atoms with E-state index < -0.39 is 17.7 Å². The van der Waals surface area contributed by atoms with Gasteiger partial charge in [0.15, 0.2) is 0 Å². The molecule has 0 rings (SSSR count). The maximum Gasteiger partial charge on any atom is 1.00 e. The van der Waals surface area contributed by atoms with Gasteiger partial charge in [-0.05, 0) is 32.1 Å². The van der Waals surface area contributed by atoms with Crippen molar-refractivity contribution in [2.45, 2.75) is 90.3 Å². The van der Waals surface area contributed by atoms with Crippen LogP contribution in [0.1, 0.15) is 84.5 Å². The maximum absolute atomic E-state index is 11.6.